The third-order valence-corrected chi connectivity index (χ3v) is 5.86. The van der Waals surface area contributed by atoms with Crippen LogP contribution in [0.5, 0.6) is 23.0 Å². The summed E-state index contributed by atoms with van der Waals surface area (Å²) >= 11 is 0. The summed E-state index contributed by atoms with van der Waals surface area (Å²) in [5.74, 6) is 2.48. The number of methoxy groups -OCH3 is 2. The third kappa shape index (κ3) is 4.70. The number of carbonyl (C=O) groups excluding carboxylic acids is 1. The summed E-state index contributed by atoms with van der Waals surface area (Å²) in [4.78, 5) is 17.6. The molecule has 2 aliphatic rings. The molecule has 31 heavy (non-hydrogen) atoms. The predicted octanol–water partition coefficient (Wildman–Crippen LogP) is 2.15. The second-order valence-corrected chi connectivity index (χ2v) is 7.75. The van der Waals surface area contributed by atoms with Crippen LogP contribution in [0.15, 0.2) is 36.4 Å². The molecule has 2 aromatic carbocycles. The van der Waals surface area contributed by atoms with E-state index in [4.69, 9.17) is 18.9 Å². The van der Waals surface area contributed by atoms with Crippen molar-refractivity contribution in [1.29, 1.82) is 0 Å². The Kier molecular flexibility index (Phi) is 6.48. The van der Waals surface area contributed by atoms with Crippen molar-refractivity contribution in [2.24, 2.45) is 0 Å². The number of nitrogens with one attached hydrogen (secondary N) is 1. The normalized spacial score (nSPS) is 17.3. The topological polar surface area (TPSA) is 72.5 Å². The quantitative estimate of drug-likeness (QED) is 0.726. The van der Waals surface area contributed by atoms with Crippen molar-refractivity contribution in [2.75, 3.05) is 60.8 Å². The predicted molar refractivity (Wildman–Crippen MR) is 116 cm³/mol. The number of likely N-dealkylation sites (N-methyl/N-ethyl adjacent to an activating group) is 1. The standard InChI is InChI=1S/C23H29N3O5/c1-25-8-10-26(11-9-25)18(16-4-7-20-22(12-16)31-15-30-20)14-24-23(27)17-5-6-19(28-2)21(13-17)29-3/h4-7,12-13,18H,8-11,14-15H2,1-3H3,(H,24,27)/t18-/m0/s1. The molecule has 1 amide bonds. The van der Waals surface area contributed by atoms with Gasteiger partial charge in [0.15, 0.2) is 23.0 Å². The second kappa shape index (κ2) is 9.45. The zero-order valence-electron chi connectivity index (χ0n) is 18.2. The molecule has 8 heteroatoms. The fourth-order valence-corrected chi connectivity index (χ4v) is 3.98. The highest BCUT2D eigenvalue weighted by atomic mass is 16.7. The van der Waals surface area contributed by atoms with Crippen molar-refractivity contribution in [3.63, 3.8) is 0 Å². The van der Waals surface area contributed by atoms with Crippen molar-refractivity contribution in [2.45, 2.75) is 6.04 Å². The molecule has 2 heterocycles. The molecule has 0 aliphatic carbocycles. The van der Waals surface area contributed by atoms with Gasteiger partial charge in [-0.15, -0.1) is 0 Å². The van der Waals surface area contributed by atoms with E-state index < -0.39 is 0 Å². The largest absolute Gasteiger partial charge is 0.493 e. The Hall–Kier alpha value is -2.97. The molecule has 2 aliphatic heterocycles. The first-order valence-corrected chi connectivity index (χ1v) is 10.4. The lowest BCUT2D eigenvalue weighted by Crippen LogP contribution is -2.48. The number of hydrogen-bond acceptors (Lipinski definition) is 7. The van der Waals surface area contributed by atoms with E-state index >= 15 is 0 Å². The molecule has 1 N–H and O–H groups in total. The number of benzene rings is 2. The van der Waals surface area contributed by atoms with Gasteiger partial charge in [0.05, 0.1) is 20.3 Å². The van der Waals surface area contributed by atoms with Gasteiger partial charge in [-0.3, -0.25) is 9.69 Å². The van der Waals surface area contributed by atoms with Crippen LogP contribution in [-0.2, 0) is 0 Å². The van der Waals surface area contributed by atoms with Crippen molar-refractivity contribution < 1.29 is 23.7 Å². The maximum absolute atomic E-state index is 12.9. The minimum atomic E-state index is -0.152. The summed E-state index contributed by atoms with van der Waals surface area (Å²) in [7, 11) is 5.26. The highest BCUT2D eigenvalue weighted by molar-refractivity contribution is 5.94. The van der Waals surface area contributed by atoms with E-state index in [2.05, 4.69) is 28.2 Å². The first kappa shape index (κ1) is 21.3. The molecular formula is C23H29N3O5. The van der Waals surface area contributed by atoms with Crippen molar-refractivity contribution in [3.8, 4) is 23.0 Å². The number of hydrogen-bond donors (Lipinski definition) is 1. The van der Waals surface area contributed by atoms with Gasteiger partial charge in [0, 0.05) is 38.3 Å². The molecule has 166 valence electrons. The van der Waals surface area contributed by atoms with Gasteiger partial charge in [0.2, 0.25) is 6.79 Å². The van der Waals surface area contributed by atoms with Crippen molar-refractivity contribution in [1.82, 2.24) is 15.1 Å². The summed E-state index contributed by atoms with van der Waals surface area (Å²) < 4.78 is 21.6. The summed E-state index contributed by atoms with van der Waals surface area (Å²) in [5, 5.41) is 3.10. The van der Waals surface area contributed by atoms with Crippen LogP contribution in [0.3, 0.4) is 0 Å². The van der Waals surface area contributed by atoms with E-state index in [1.165, 1.54) is 0 Å². The van der Waals surface area contributed by atoms with Crippen molar-refractivity contribution >= 4 is 5.91 Å². The number of ether oxygens (including phenoxy) is 4. The summed E-state index contributed by atoms with van der Waals surface area (Å²) in [6, 6.07) is 11.2. The Morgan fingerprint density at radius 3 is 2.48 bits per heavy atom. The summed E-state index contributed by atoms with van der Waals surface area (Å²) in [6.07, 6.45) is 0. The molecule has 0 aromatic heterocycles. The van der Waals surface area contributed by atoms with Crippen LogP contribution in [-0.4, -0.2) is 76.5 Å². The number of amides is 1. The number of fused-ring (bicyclic) bond motifs is 1. The Balaban J connectivity index is 1.51. The van der Waals surface area contributed by atoms with Crippen LogP contribution in [0.4, 0.5) is 0 Å². The fraction of sp³-hybridized carbons (Fsp3) is 0.435. The van der Waals surface area contributed by atoms with Gasteiger partial charge in [0.1, 0.15) is 0 Å². The second-order valence-electron chi connectivity index (χ2n) is 7.75. The van der Waals surface area contributed by atoms with Crippen LogP contribution in [0.1, 0.15) is 22.0 Å². The molecule has 0 bridgehead atoms. The van der Waals surface area contributed by atoms with Crippen molar-refractivity contribution in [3.05, 3.63) is 47.5 Å². The Morgan fingerprint density at radius 2 is 1.74 bits per heavy atom. The molecule has 2 aromatic rings. The zero-order valence-corrected chi connectivity index (χ0v) is 18.2. The van der Waals surface area contributed by atoms with Crippen LogP contribution in [0.2, 0.25) is 0 Å². The molecular weight excluding hydrogens is 398 g/mol. The van der Waals surface area contributed by atoms with E-state index in [-0.39, 0.29) is 18.7 Å². The SMILES string of the molecule is COc1ccc(C(=O)NC[C@@H](c2ccc3c(c2)OCO3)N2CCN(C)CC2)cc1OC. The molecule has 4 rings (SSSR count). The van der Waals surface area contributed by atoms with Gasteiger partial charge in [-0.1, -0.05) is 6.07 Å². The molecule has 0 saturated carbocycles. The number of carbonyl (C=O) groups is 1. The molecule has 0 radical (unpaired) electrons. The van der Waals surface area contributed by atoms with Crippen LogP contribution < -0.4 is 24.3 Å². The van der Waals surface area contributed by atoms with Gasteiger partial charge >= 0.3 is 0 Å². The van der Waals surface area contributed by atoms with Gasteiger partial charge in [0.25, 0.3) is 5.91 Å². The average molecular weight is 428 g/mol. The number of nitrogens with zero attached hydrogens (tertiary/aromatic N) is 2. The smallest absolute Gasteiger partial charge is 0.251 e. The maximum atomic E-state index is 12.9. The molecule has 8 nitrogen and oxygen atoms in total. The lowest BCUT2D eigenvalue weighted by molar-refractivity contribution is 0.0885. The fourth-order valence-electron chi connectivity index (χ4n) is 3.98. The van der Waals surface area contributed by atoms with Crippen LogP contribution in [0, 0.1) is 0 Å². The van der Waals surface area contributed by atoms with Gasteiger partial charge in [-0.2, -0.15) is 0 Å². The Bertz CT molecular complexity index is 927. The van der Waals surface area contributed by atoms with E-state index in [1.807, 2.05) is 12.1 Å². The lowest BCUT2D eigenvalue weighted by atomic mass is 10.0. The number of rotatable bonds is 7. The van der Waals surface area contributed by atoms with E-state index in [0.717, 1.165) is 43.2 Å². The highest BCUT2D eigenvalue weighted by Crippen LogP contribution is 2.35. The molecule has 1 atom stereocenters. The van der Waals surface area contributed by atoms with E-state index in [1.54, 1.807) is 32.4 Å². The Morgan fingerprint density at radius 1 is 1.00 bits per heavy atom. The highest BCUT2D eigenvalue weighted by Gasteiger charge is 2.26. The van der Waals surface area contributed by atoms with Crippen LogP contribution >= 0.6 is 0 Å². The number of piperazine rings is 1. The molecule has 0 spiro atoms. The van der Waals surface area contributed by atoms with E-state index in [9.17, 15) is 4.79 Å². The minimum absolute atomic E-state index is 0.0345. The Labute approximate surface area is 182 Å². The lowest BCUT2D eigenvalue weighted by Gasteiger charge is -2.38. The maximum Gasteiger partial charge on any atom is 0.251 e. The third-order valence-electron chi connectivity index (χ3n) is 5.86. The summed E-state index contributed by atoms with van der Waals surface area (Å²) in [6.45, 7) is 4.57. The molecule has 1 fully saturated rings. The van der Waals surface area contributed by atoms with Crippen LogP contribution in [0.25, 0.3) is 0 Å². The average Bonchev–Trinajstić information content (AvgIpc) is 3.27. The molecule has 0 unspecified atom stereocenters. The minimum Gasteiger partial charge on any atom is -0.493 e. The summed E-state index contributed by atoms with van der Waals surface area (Å²) in [5.41, 5.74) is 1.63. The van der Waals surface area contributed by atoms with Gasteiger partial charge < -0.3 is 29.2 Å². The van der Waals surface area contributed by atoms with E-state index in [0.29, 0.717) is 23.6 Å². The monoisotopic (exact) mass is 427 g/mol. The van der Waals surface area contributed by atoms with Gasteiger partial charge in [-0.25, -0.2) is 0 Å². The first-order chi connectivity index (χ1) is 15.1. The first-order valence-electron chi connectivity index (χ1n) is 10.4. The van der Waals surface area contributed by atoms with Gasteiger partial charge in [-0.05, 0) is 42.9 Å². The molecule has 1 saturated heterocycles. The zero-order chi connectivity index (χ0) is 21.8.